The minimum Gasteiger partial charge on any atom is -0.469 e. The zero-order valence-electron chi connectivity index (χ0n) is 19.3. The van der Waals surface area contributed by atoms with Crippen LogP contribution in [0.4, 0.5) is 0 Å². The quantitative estimate of drug-likeness (QED) is 0.176. The summed E-state index contributed by atoms with van der Waals surface area (Å²) in [5.41, 5.74) is 1.39. The molecule has 0 unspecified atom stereocenters. The maximum Gasteiger partial charge on any atom is 0.191 e. The van der Waals surface area contributed by atoms with Crippen LogP contribution < -0.4 is 10.6 Å². The number of unbranched alkanes of at least 4 members (excludes halogenated alkanes) is 1. The zero-order valence-corrected chi connectivity index (χ0v) is 21.6. The van der Waals surface area contributed by atoms with Gasteiger partial charge in [0.05, 0.1) is 6.26 Å². The van der Waals surface area contributed by atoms with Gasteiger partial charge >= 0.3 is 0 Å². The van der Waals surface area contributed by atoms with Gasteiger partial charge in [-0.3, -0.25) is 9.89 Å². The minimum absolute atomic E-state index is 0. The maximum atomic E-state index is 5.44. The van der Waals surface area contributed by atoms with Gasteiger partial charge in [-0.25, -0.2) is 0 Å². The van der Waals surface area contributed by atoms with Crippen LogP contribution in [0.2, 0.25) is 0 Å². The molecule has 1 aliphatic rings. The summed E-state index contributed by atoms with van der Waals surface area (Å²) in [5, 5.41) is 7.17. The second-order valence-corrected chi connectivity index (χ2v) is 8.07. The minimum atomic E-state index is 0. The van der Waals surface area contributed by atoms with Crippen molar-refractivity contribution in [2.75, 3.05) is 39.4 Å². The number of halogens is 1. The molecule has 1 aromatic heterocycles. The van der Waals surface area contributed by atoms with Gasteiger partial charge in [-0.1, -0.05) is 30.3 Å². The third-order valence-corrected chi connectivity index (χ3v) is 5.59. The Hall–Kier alpha value is -1.58. The van der Waals surface area contributed by atoms with E-state index in [0.29, 0.717) is 6.04 Å². The van der Waals surface area contributed by atoms with Crippen molar-refractivity contribution in [3.8, 4) is 0 Å². The van der Waals surface area contributed by atoms with Gasteiger partial charge in [0.25, 0.3) is 0 Å². The number of rotatable bonds is 12. The number of piperidine rings is 1. The molecule has 0 spiro atoms. The smallest absolute Gasteiger partial charge is 0.191 e. The van der Waals surface area contributed by atoms with Crippen molar-refractivity contribution < 1.29 is 9.15 Å². The van der Waals surface area contributed by atoms with Crippen molar-refractivity contribution >= 4 is 29.9 Å². The Morgan fingerprint density at radius 3 is 2.66 bits per heavy atom. The highest BCUT2D eigenvalue weighted by molar-refractivity contribution is 14.0. The van der Waals surface area contributed by atoms with Crippen LogP contribution in [-0.2, 0) is 17.7 Å². The van der Waals surface area contributed by atoms with E-state index in [-0.39, 0.29) is 24.0 Å². The van der Waals surface area contributed by atoms with E-state index in [0.717, 1.165) is 89.8 Å². The van der Waals surface area contributed by atoms with Gasteiger partial charge in [0.2, 0.25) is 0 Å². The molecule has 0 saturated carbocycles. The molecule has 0 aliphatic carbocycles. The van der Waals surface area contributed by atoms with Crippen molar-refractivity contribution in [2.45, 2.75) is 51.6 Å². The van der Waals surface area contributed by atoms with Crippen LogP contribution in [0.15, 0.2) is 58.1 Å². The average molecular weight is 555 g/mol. The standard InChI is InChI=1S/C25H38N4O2.HI/c1-2-30-19-7-6-15-26-25(27-16-12-24-11-8-20-31-24)28-23-13-17-29(18-14-23)21-22-9-4-3-5-10-22;/h3-5,8-11,20,23H,2,6-7,12-19,21H2,1H3,(H2,26,27,28);1H. The fourth-order valence-electron chi connectivity index (χ4n) is 3.83. The molecular weight excluding hydrogens is 515 g/mol. The summed E-state index contributed by atoms with van der Waals surface area (Å²) >= 11 is 0. The van der Waals surface area contributed by atoms with Gasteiger partial charge in [-0.05, 0) is 50.3 Å². The van der Waals surface area contributed by atoms with Crippen LogP contribution in [0.25, 0.3) is 0 Å². The number of nitrogens with one attached hydrogen (secondary N) is 2. The van der Waals surface area contributed by atoms with Crippen molar-refractivity contribution in [3.05, 3.63) is 60.1 Å². The molecule has 1 fully saturated rings. The van der Waals surface area contributed by atoms with Crippen molar-refractivity contribution in [1.82, 2.24) is 15.5 Å². The first-order valence-corrected chi connectivity index (χ1v) is 11.7. The topological polar surface area (TPSA) is 62.0 Å². The van der Waals surface area contributed by atoms with E-state index in [1.54, 1.807) is 6.26 Å². The third-order valence-electron chi connectivity index (χ3n) is 5.59. The maximum absolute atomic E-state index is 5.44. The molecule has 1 saturated heterocycles. The van der Waals surface area contributed by atoms with E-state index in [1.165, 1.54) is 5.56 Å². The van der Waals surface area contributed by atoms with Crippen LogP contribution in [0.5, 0.6) is 0 Å². The molecule has 7 heteroatoms. The molecule has 0 radical (unpaired) electrons. The SMILES string of the molecule is CCOCCCCN=C(NCCc1ccco1)NC1CCN(Cc2ccccc2)CC1.I. The lowest BCUT2D eigenvalue weighted by Crippen LogP contribution is -2.49. The summed E-state index contributed by atoms with van der Waals surface area (Å²) < 4.78 is 10.9. The number of hydrogen-bond donors (Lipinski definition) is 2. The summed E-state index contributed by atoms with van der Waals surface area (Å²) in [6, 6.07) is 15.2. The number of guanidine groups is 1. The summed E-state index contributed by atoms with van der Waals surface area (Å²) in [6.07, 6.45) is 6.94. The monoisotopic (exact) mass is 554 g/mol. The van der Waals surface area contributed by atoms with Crippen LogP contribution >= 0.6 is 24.0 Å². The largest absolute Gasteiger partial charge is 0.469 e. The molecule has 178 valence electrons. The number of aliphatic imine (C=N–C) groups is 1. The molecule has 6 nitrogen and oxygen atoms in total. The number of ether oxygens (including phenoxy) is 1. The Morgan fingerprint density at radius 1 is 1.12 bits per heavy atom. The predicted molar refractivity (Wildman–Crippen MR) is 142 cm³/mol. The van der Waals surface area contributed by atoms with Crippen LogP contribution in [-0.4, -0.2) is 56.3 Å². The number of furan rings is 1. The second-order valence-electron chi connectivity index (χ2n) is 8.07. The van der Waals surface area contributed by atoms with E-state index in [4.69, 9.17) is 14.1 Å². The molecule has 32 heavy (non-hydrogen) atoms. The van der Waals surface area contributed by atoms with Gasteiger partial charge in [0, 0.05) is 58.4 Å². The highest BCUT2D eigenvalue weighted by Gasteiger charge is 2.20. The number of benzene rings is 1. The van der Waals surface area contributed by atoms with Crippen molar-refractivity contribution in [3.63, 3.8) is 0 Å². The normalized spacial score (nSPS) is 15.3. The summed E-state index contributed by atoms with van der Waals surface area (Å²) in [4.78, 5) is 7.36. The van der Waals surface area contributed by atoms with Gasteiger partial charge in [-0.2, -0.15) is 0 Å². The van der Waals surface area contributed by atoms with Gasteiger partial charge < -0.3 is 19.8 Å². The van der Waals surface area contributed by atoms with Crippen molar-refractivity contribution in [1.29, 1.82) is 0 Å². The molecule has 1 aliphatic heterocycles. The fraction of sp³-hybridized carbons (Fsp3) is 0.560. The highest BCUT2D eigenvalue weighted by atomic mass is 127. The average Bonchev–Trinajstić information content (AvgIpc) is 3.31. The first-order chi connectivity index (χ1) is 15.3. The van der Waals surface area contributed by atoms with Crippen LogP contribution in [0.3, 0.4) is 0 Å². The van der Waals surface area contributed by atoms with E-state index in [9.17, 15) is 0 Å². The molecule has 2 N–H and O–H groups in total. The third kappa shape index (κ3) is 10.4. The Kier molecular flexibility index (Phi) is 13.4. The number of nitrogens with zero attached hydrogens (tertiary/aromatic N) is 2. The van der Waals surface area contributed by atoms with Crippen LogP contribution in [0.1, 0.15) is 43.9 Å². The lowest BCUT2D eigenvalue weighted by atomic mass is 10.0. The summed E-state index contributed by atoms with van der Waals surface area (Å²) in [6.45, 7) is 8.53. The molecule has 0 atom stereocenters. The number of hydrogen-bond acceptors (Lipinski definition) is 4. The van der Waals surface area contributed by atoms with E-state index < -0.39 is 0 Å². The molecule has 0 amide bonds. The predicted octanol–water partition coefficient (Wildman–Crippen LogP) is 4.46. The Labute approximate surface area is 210 Å². The summed E-state index contributed by atoms with van der Waals surface area (Å²) in [5.74, 6) is 1.92. The van der Waals surface area contributed by atoms with E-state index in [1.807, 2.05) is 19.1 Å². The lowest BCUT2D eigenvalue weighted by Gasteiger charge is -2.33. The first kappa shape index (κ1) is 26.7. The molecule has 1 aromatic carbocycles. The van der Waals surface area contributed by atoms with Gasteiger partial charge in [0.15, 0.2) is 5.96 Å². The summed E-state index contributed by atoms with van der Waals surface area (Å²) in [7, 11) is 0. The Bertz CT molecular complexity index is 732. The Balaban J connectivity index is 0.00000363. The second kappa shape index (κ2) is 16.1. The van der Waals surface area contributed by atoms with E-state index in [2.05, 4.69) is 45.9 Å². The molecule has 2 aromatic rings. The number of likely N-dealkylation sites (tertiary alicyclic amines) is 1. The molecular formula is C25H39IN4O2. The fourth-order valence-corrected chi connectivity index (χ4v) is 3.83. The first-order valence-electron chi connectivity index (χ1n) is 11.7. The van der Waals surface area contributed by atoms with Gasteiger partial charge in [0.1, 0.15) is 5.76 Å². The highest BCUT2D eigenvalue weighted by Crippen LogP contribution is 2.14. The molecule has 0 bridgehead atoms. The zero-order chi connectivity index (χ0) is 21.6. The molecule has 3 rings (SSSR count). The molecule has 2 heterocycles. The van der Waals surface area contributed by atoms with Crippen molar-refractivity contribution in [2.24, 2.45) is 4.99 Å². The van der Waals surface area contributed by atoms with Gasteiger partial charge in [-0.15, -0.1) is 24.0 Å². The van der Waals surface area contributed by atoms with E-state index >= 15 is 0 Å². The van der Waals surface area contributed by atoms with Crippen LogP contribution in [0, 0.1) is 0 Å². The Morgan fingerprint density at radius 2 is 1.94 bits per heavy atom. The lowest BCUT2D eigenvalue weighted by molar-refractivity contribution is 0.144.